The standard InChI is InChI=1S/C17H31NO2SSi/c1-5-9-17(21)15(2)13-22(4,19-3)20-14-18-12-16-10-7-6-8-11-16/h6-8,10-11,15,17-18,21H,5,9,12-14H2,1-4H3. The second-order valence-electron chi connectivity index (χ2n) is 6.08. The van der Waals surface area contributed by atoms with Gasteiger partial charge < -0.3 is 8.85 Å². The van der Waals surface area contributed by atoms with Crippen molar-refractivity contribution in [2.75, 3.05) is 13.8 Å². The van der Waals surface area contributed by atoms with Crippen molar-refractivity contribution in [3.05, 3.63) is 35.9 Å². The van der Waals surface area contributed by atoms with E-state index in [2.05, 4.69) is 37.8 Å². The molecule has 3 unspecified atom stereocenters. The number of thiol groups is 1. The van der Waals surface area contributed by atoms with E-state index >= 15 is 0 Å². The fraction of sp³-hybridized carbons (Fsp3) is 0.647. The van der Waals surface area contributed by atoms with Crippen molar-refractivity contribution in [2.24, 2.45) is 5.92 Å². The smallest absolute Gasteiger partial charge is 0.335 e. The lowest BCUT2D eigenvalue weighted by Gasteiger charge is -2.30. The molecule has 0 radical (unpaired) electrons. The van der Waals surface area contributed by atoms with Gasteiger partial charge in [0.15, 0.2) is 0 Å². The molecule has 5 heteroatoms. The largest absolute Gasteiger partial charge is 0.398 e. The Labute approximate surface area is 142 Å². The van der Waals surface area contributed by atoms with Gasteiger partial charge in [0.2, 0.25) is 0 Å². The van der Waals surface area contributed by atoms with Gasteiger partial charge in [0.1, 0.15) is 0 Å². The summed E-state index contributed by atoms with van der Waals surface area (Å²) in [6.45, 7) is 7.93. The maximum atomic E-state index is 6.07. The third kappa shape index (κ3) is 7.29. The van der Waals surface area contributed by atoms with E-state index in [-0.39, 0.29) is 0 Å². The van der Waals surface area contributed by atoms with Gasteiger partial charge in [0.25, 0.3) is 0 Å². The second-order valence-corrected chi connectivity index (χ2v) is 10.1. The average Bonchev–Trinajstić information content (AvgIpc) is 2.53. The van der Waals surface area contributed by atoms with E-state index in [0.29, 0.717) is 17.9 Å². The summed E-state index contributed by atoms with van der Waals surface area (Å²) in [5.74, 6) is 0.508. The fourth-order valence-electron chi connectivity index (χ4n) is 2.50. The highest BCUT2D eigenvalue weighted by Crippen LogP contribution is 2.26. The Morgan fingerprint density at radius 1 is 1.27 bits per heavy atom. The Kier molecular flexibility index (Phi) is 9.36. The van der Waals surface area contributed by atoms with Crippen LogP contribution in [0.15, 0.2) is 30.3 Å². The molecule has 1 aromatic carbocycles. The summed E-state index contributed by atoms with van der Waals surface area (Å²) in [4.78, 5) is 0. The molecule has 22 heavy (non-hydrogen) atoms. The van der Waals surface area contributed by atoms with Gasteiger partial charge in [-0.2, -0.15) is 12.6 Å². The summed E-state index contributed by atoms with van der Waals surface area (Å²) in [7, 11) is -0.360. The van der Waals surface area contributed by atoms with E-state index in [1.807, 2.05) is 18.2 Å². The van der Waals surface area contributed by atoms with Gasteiger partial charge >= 0.3 is 8.56 Å². The Bertz CT molecular complexity index is 407. The van der Waals surface area contributed by atoms with Crippen LogP contribution in [0.1, 0.15) is 32.3 Å². The van der Waals surface area contributed by atoms with Crippen molar-refractivity contribution in [3.8, 4) is 0 Å². The van der Waals surface area contributed by atoms with Crippen LogP contribution in [0.2, 0.25) is 12.6 Å². The van der Waals surface area contributed by atoms with Crippen LogP contribution >= 0.6 is 12.6 Å². The van der Waals surface area contributed by atoms with E-state index < -0.39 is 8.56 Å². The Hall–Kier alpha value is -0.333. The zero-order chi connectivity index (χ0) is 16.4. The minimum atomic E-state index is -2.13. The van der Waals surface area contributed by atoms with Gasteiger partial charge in [-0.3, -0.25) is 5.32 Å². The third-order valence-corrected chi connectivity index (χ3v) is 7.79. The molecule has 0 heterocycles. The molecule has 126 valence electrons. The van der Waals surface area contributed by atoms with Gasteiger partial charge in [-0.1, -0.05) is 50.6 Å². The fourth-order valence-corrected chi connectivity index (χ4v) is 5.32. The van der Waals surface area contributed by atoms with Crippen LogP contribution in [0, 0.1) is 5.92 Å². The van der Waals surface area contributed by atoms with Crippen LogP contribution in [0.4, 0.5) is 0 Å². The number of rotatable bonds is 11. The molecule has 0 spiro atoms. The van der Waals surface area contributed by atoms with E-state index in [0.717, 1.165) is 19.0 Å². The molecule has 0 aromatic heterocycles. The minimum Gasteiger partial charge on any atom is -0.398 e. The lowest BCUT2D eigenvalue weighted by Crippen LogP contribution is -2.42. The molecule has 3 nitrogen and oxygen atoms in total. The highest BCUT2D eigenvalue weighted by Gasteiger charge is 2.34. The van der Waals surface area contributed by atoms with Crippen LogP contribution in [0.5, 0.6) is 0 Å². The topological polar surface area (TPSA) is 30.5 Å². The molecule has 0 aliphatic carbocycles. The number of hydrogen-bond acceptors (Lipinski definition) is 4. The van der Waals surface area contributed by atoms with E-state index in [9.17, 15) is 0 Å². The first-order chi connectivity index (χ1) is 10.5. The van der Waals surface area contributed by atoms with Crippen molar-refractivity contribution >= 4 is 21.2 Å². The molecular formula is C17H31NO2SSi. The third-order valence-electron chi connectivity index (χ3n) is 4.02. The first-order valence-corrected chi connectivity index (χ1v) is 11.2. The van der Waals surface area contributed by atoms with Crippen LogP contribution in [-0.4, -0.2) is 27.7 Å². The van der Waals surface area contributed by atoms with E-state index in [1.165, 1.54) is 12.0 Å². The molecule has 0 fully saturated rings. The Morgan fingerprint density at radius 2 is 1.95 bits per heavy atom. The van der Waals surface area contributed by atoms with Crippen molar-refractivity contribution in [3.63, 3.8) is 0 Å². The van der Waals surface area contributed by atoms with E-state index in [1.54, 1.807) is 7.11 Å². The maximum absolute atomic E-state index is 6.07. The number of benzene rings is 1. The van der Waals surface area contributed by atoms with E-state index in [4.69, 9.17) is 21.5 Å². The Morgan fingerprint density at radius 3 is 2.55 bits per heavy atom. The predicted molar refractivity (Wildman–Crippen MR) is 99.5 cm³/mol. The molecule has 1 rings (SSSR count). The molecule has 0 amide bonds. The monoisotopic (exact) mass is 341 g/mol. The Balaban J connectivity index is 2.35. The van der Waals surface area contributed by atoms with Gasteiger partial charge in [0, 0.05) is 18.9 Å². The van der Waals surface area contributed by atoms with Crippen molar-refractivity contribution in [2.45, 2.75) is 51.1 Å². The minimum absolute atomic E-state index is 0.424. The highest BCUT2D eigenvalue weighted by atomic mass is 32.1. The van der Waals surface area contributed by atoms with Crippen molar-refractivity contribution in [1.82, 2.24) is 5.32 Å². The number of nitrogens with one attached hydrogen (secondary N) is 1. The van der Waals surface area contributed by atoms with Gasteiger partial charge in [-0.15, -0.1) is 0 Å². The molecule has 0 aliphatic rings. The first-order valence-electron chi connectivity index (χ1n) is 8.12. The lowest BCUT2D eigenvalue weighted by atomic mass is 10.1. The normalized spacial score (nSPS) is 17.0. The van der Waals surface area contributed by atoms with Crippen LogP contribution in [0.25, 0.3) is 0 Å². The summed E-state index contributed by atoms with van der Waals surface area (Å²) < 4.78 is 11.8. The lowest BCUT2D eigenvalue weighted by molar-refractivity contribution is 0.182. The summed E-state index contributed by atoms with van der Waals surface area (Å²) >= 11 is 4.71. The summed E-state index contributed by atoms with van der Waals surface area (Å²) in [5, 5.41) is 3.76. The van der Waals surface area contributed by atoms with Gasteiger partial charge in [-0.25, -0.2) is 0 Å². The summed E-state index contributed by atoms with van der Waals surface area (Å²) in [6, 6.07) is 11.3. The second kappa shape index (κ2) is 10.4. The molecule has 0 saturated carbocycles. The predicted octanol–water partition coefficient (Wildman–Crippen LogP) is 4.20. The summed E-state index contributed by atoms with van der Waals surface area (Å²) in [5.41, 5.74) is 1.26. The highest BCUT2D eigenvalue weighted by molar-refractivity contribution is 7.81. The van der Waals surface area contributed by atoms with Crippen LogP contribution < -0.4 is 5.32 Å². The van der Waals surface area contributed by atoms with Crippen LogP contribution in [-0.2, 0) is 15.4 Å². The first kappa shape index (κ1) is 19.7. The molecule has 0 bridgehead atoms. The SMILES string of the molecule is CCCC(S)C(C)C[Si](C)(OC)OCNCc1ccccc1. The molecule has 0 aliphatic heterocycles. The zero-order valence-electron chi connectivity index (χ0n) is 14.3. The molecule has 1 N–H and O–H groups in total. The van der Waals surface area contributed by atoms with Gasteiger partial charge in [0.05, 0.1) is 6.73 Å². The van der Waals surface area contributed by atoms with Crippen molar-refractivity contribution < 1.29 is 8.85 Å². The quantitative estimate of drug-likeness (QED) is 0.274. The average molecular weight is 342 g/mol. The van der Waals surface area contributed by atoms with Crippen LogP contribution in [0.3, 0.4) is 0 Å². The zero-order valence-corrected chi connectivity index (χ0v) is 16.2. The molecule has 3 atom stereocenters. The summed E-state index contributed by atoms with van der Waals surface area (Å²) in [6.07, 6.45) is 2.31. The molecule has 0 saturated heterocycles. The molecule has 1 aromatic rings. The van der Waals surface area contributed by atoms with Crippen molar-refractivity contribution in [1.29, 1.82) is 0 Å². The molecular weight excluding hydrogens is 310 g/mol. The number of hydrogen-bond donors (Lipinski definition) is 2. The van der Waals surface area contributed by atoms with Gasteiger partial charge in [-0.05, 0) is 30.5 Å². The maximum Gasteiger partial charge on any atom is 0.335 e.